The van der Waals surface area contributed by atoms with Crippen LogP contribution in [0.15, 0.2) is 22.7 Å². The highest BCUT2D eigenvalue weighted by molar-refractivity contribution is 9.10. The summed E-state index contributed by atoms with van der Waals surface area (Å²) in [7, 11) is 0. The molecule has 1 atom stereocenters. The SMILES string of the molecule is CC1Cc2ccc(Br)cc2CN1C(=O)NCCCC(=O)O. The van der Waals surface area contributed by atoms with Gasteiger partial charge in [-0.15, -0.1) is 0 Å². The van der Waals surface area contributed by atoms with Gasteiger partial charge in [0.25, 0.3) is 0 Å². The lowest BCUT2D eigenvalue weighted by molar-refractivity contribution is -0.137. The molecule has 0 aliphatic carbocycles. The van der Waals surface area contributed by atoms with Crippen molar-refractivity contribution >= 4 is 27.9 Å². The van der Waals surface area contributed by atoms with Gasteiger partial charge in [0.15, 0.2) is 0 Å². The van der Waals surface area contributed by atoms with Gasteiger partial charge >= 0.3 is 12.0 Å². The van der Waals surface area contributed by atoms with E-state index in [1.807, 2.05) is 19.1 Å². The van der Waals surface area contributed by atoms with Gasteiger partial charge in [-0.25, -0.2) is 4.79 Å². The van der Waals surface area contributed by atoms with Crippen molar-refractivity contribution in [2.24, 2.45) is 0 Å². The van der Waals surface area contributed by atoms with Crippen LogP contribution in [0.1, 0.15) is 30.9 Å². The predicted octanol–water partition coefficient (Wildman–Crippen LogP) is 2.77. The minimum Gasteiger partial charge on any atom is -0.481 e. The Morgan fingerprint density at radius 1 is 1.43 bits per heavy atom. The summed E-state index contributed by atoms with van der Waals surface area (Å²) in [5.41, 5.74) is 2.43. The molecule has 2 N–H and O–H groups in total. The number of carbonyl (C=O) groups is 2. The second kappa shape index (κ2) is 6.93. The molecule has 1 heterocycles. The molecule has 1 aromatic rings. The Morgan fingerprint density at radius 3 is 2.90 bits per heavy atom. The molecule has 114 valence electrons. The van der Waals surface area contributed by atoms with Crippen LogP contribution in [0.2, 0.25) is 0 Å². The number of aliphatic carboxylic acids is 1. The number of nitrogens with zero attached hydrogens (tertiary/aromatic N) is 1. The number of fused-ring (bicyclic) bond motifs is 1. The number of hydrogen-bond acceptors (Lipinski definition) is 2. The third-order valence-corrected chi connectivity index (χ3v) is 4.15. The number of carboxylic acids is 1. The second-order valence-corrected chi connectivity index (χ2v) is 6.24. The molecule has 6 heteroatoms. The number of rotatable bonds is 4. The number of carbonyl (C=O) groups excluding carboxylic acids is 1. The van der Waals surface area contributed by atoms with Crippen molar-refractivity contribution < 1.29 is 14.7 Å². The fourth-order valence-corrected chi connectivity index (χ4v) is 2.93. The smallest absolute Gasteiger partial charge is 0.317 e. The lowest BCUT2D eigenvalue weighted by Gasteiger charge is -2.35. The molecular weight excluding hydrogens is 336 g/mol. The molecule has 0 radical (unpaired) electrons. The molecule has 2 amide bonds. The molecule has 0 saturated heterocycles. The normalized spacial score (nSPS) is 17.2. The molecule has 0 fully saturated rings. The Kier molecular flexibility index (Phi) is 5.22. The molecule has 1 unspecified atom stereocenters. The van der Waals surface area contributed by atoms with E-state index in [1.54, 1.807) is 4.90 Å². The van der Waals surface area contributed by atoms with Crippen molar-refractivity contribution in [1.29, 1.82) is 0 Å². The van der Waals surface area contributed by atoms with Crippen LogP contribution in [0.3, 0.4) is 0 Å². The average Bonchev–Trinajstić information content (AvgIpc) is 2.43. The van der Waals surface area contributed by atoms with Gasteiger partial charge in [-0.05, 0) is 43.0 Å². The number of halogens is 1. The highest BCUT2D eigenvalue weighted by atomic mass is 79.9. The van der Waals surface area contributed by atoms with E-state index < -0.39 is 5.97 Å². The van der Waals surface area contributed by atoms with Gasteiger partial charge in [0, 0.05) is 30.0 Å². The van der Waals surface area contributed by atoms with E-state index in [0.717, 1.165) is 16.5 Å². The number of nitrogens with one attached hydrogen (secondary N) is 1. The summed E-state index contributed by atoms with van der Waals surface area (Å²) in [6.07, 6.45) is 1.36. The summed E-state index contributed by atoms with van der Waals surface area (Å²) in [4.78, 5) is 24.4. The molecule has 1 aromatic carbocycles. The second-order valence-electron chi connectivity index (χ2n) is 5.32. The van der Waals surface area contributed by atoms with Gasteiger partial charge in [0.2, 0.25) is 0 Å². The maximum atomic E-state index is 12.2. The maximum Gasteiger partial charge on any atom is 0.317 e. The molecule has 21 heavy (non-hydrogen) atoms. The molecule has 0 saturated carbocycles. The summed E-state index contributed by atoms with van der Waals surface area (Å²) >= 11 is 3.45. The van der Waals surface area contributed by atoms with Crippen molar-refractivity contribution in [3.8, 4) is 0 Å². The van der Waals surface area contributed by atoms with E-state index in [1.165, 1.54) is 5.56 Å². The van der Waals surface area contributed by atoms with Gasteiger partial charge in [-0.1, -0.05) is 22.0 Å². The van der Waals surface area contributed by atoms with Crippen LogP contribution in [0.4, 0.5) is 4.79 Å². The number of carboxylic acid groups (broad SMARTS) is 1. The van der Waals surface area contributed by atoms with Gasteiger partial charge in [0.05, 0.1) is 0 Å². The van der Waals surface area contributed by atoms with E-state index in [4.69, 9.17) is 5.11 Å². The first-order valence-electron chi connectivity index (χ1n) is 7.01. The van der Waals surface area contributed by atoms with E-state index in [9.17, 15) is 9.59 Å². The Labute approximate surface area is 132 Å². The summed E-state index contributed by atoms with van der Waals surface area (Å²) in [5, 5.41) is 11.4. The Hall–Kier alpha value is -1.56. The zero-order valence-corrected chi connectivity index (χ0v) is 13.5. The fourth-order valence-electron chi connectivity index (χ4n) is 2.52. The van der Waals surface area contributed by atoms with Crippen molar-refractivity contribution in [3.05, 3.63) is 33.8 Å². The highest BCUT2D eigenvalue weighted by Gasteiger charge is 2.26. The van der Waals surface area contributed by atoms with Crippen LogP contribution in [0.5, 0.6) is 0 Å². The minimum atomic E-state index is -0.839. The highest BCUT2D eigenvalue weighted by Crippen LogP contribution is 2.26. The quantitative estimate of drug-likeness (QED) is 0.816. The first-order valence-corrected chi connectivity index (χ1v) is 7.80. The molecule has 0 spiro atoms. The third kappa shape index (κ3) is 4.20. The summed E-state index contributed by atoms with van der Waals surface area (Å²) in [6, 6.07) is 6.17. The average molecular weight is 355 g/mol. The molecule has 0 aromatic heterocycles. The third-order valence-electron chi connectivity index (χ3n) is 3.66. The standard InChI is InChI=1S/C15H19BrN2O3/c1-10-7-11-4-5-13(16)8-12(11)9-18(10)15(21)17-6-2-3-14(19)20/h4-5,8,10H,2-3,6-7,9H2,1H3,(H,17,21)(H,19,20). The van der Waals surface area contributed by atoms with Crippen molar-refractivity contribution in [3.63, 3.8) is 0 Å². The van der Waals surface area contributed by atoms with Gasteiger partial charge in [-0.2, -0.15) is 0 Å². The lowest BCUT2D eigenvalue weighted by atomic mass is 9.95. The van der Waals surface area contributed by atoms with Gasteiger partial charge in [0.1, 0.15) is 0 Å². The largest absolute Gasteiger partial charge is 0.481 e. The summed E-state index contributed by atoms with van der Waals surface area (Å²) in [6.45, 7) is 3.00. The van der Waals surface area contributed by atoms with Crippen molar-refractivity contribution in [1.82, 2.24) is 10.2 Å². The summed E-state index contributed by atoms with van der Waals surface area (Å²) < 4.78 is 1.01. The Balaban J connectivity index is 1.94. The zero-order chi connectivity index (χ0) is 15.4. The Bertz CT molecular complexity index is 548. The van der Waals surface area contributed by atoms with E-state index >= 15 is 0 Å². The van der Waals surface area contributed by atoms with Crippen LogP contribution in [-0.2, 0) is 17.8 Å². The van der Waals surface area contributed by atoms with Gasteiger partial charge in [-0.3, -0.25) is 4.79 Å². The summed E-state index contributed by atoms with van der Waals surface area (Å²) in [5.74, 6) is -0.839. The van der Waals surface area contributed by atoms with Crippen LogP contribution in [0.25, 0.3) is 0 Å². The molecule has 0 bridgehead atoms. The topological polar surface area (TPSA) is 69.6 Å². The maximum absolute atomic E-state index is 12.2. The minimum absolute atomic E-state index is 0.0750. The lowest BCUT2D eigenvalue weighted by Crippen LogP contribution is -2.47. The molecule has 2 rings (SSSR count). The first kappa shape index (κ1) is 15.8. The Morgan fingerprint density at radius 2 is 2.19 bits per heavy atom. The number of amides is 2. The first-order chi connectivity index (χ1) is 9.97. The van der Waals surface area contributed by atoms with Crippen LogP contribution in [0, 0.1) is 0 Å². The van der Waals surface area contributed by atoms with Crippen LogP contribution in [-0.4, -0.2) is 34.6 Å². The van der Waals surface area contributed by atoms with Gasteiger partial charge < -0.3 is 15.3 Å². The molecule has 1 aliphatic rings. The van der Waals surface area contributed by atoms with Crippen LogP contribution < -0.4 is 5.32 Å². The monoisotopic (exact) mass is 354 g/mol. The number of urea groups is 1. The molecule has 1 aliphatic heterocycles. The molecule has 5 nitrogen and oxygen atoms in total. The molecular formula is C15H19BrN2O3. The fraction of sp³-hybridized carbons (Fsp3) is 0.467. The van der Waals surface area contributed by atoms with E-state index in [-0.39, 0.29) is 18.5 Å². The number of benzene rings is 1. The van der Waals surface area contributed by atoms with E-state index in [0.29, 0.717) is 19.5 Å². The van der Waals surface area contributed by atoms with Crippen molar-refractivity contribution in [2.45, 2.75) is 38.8 Å². The van der Waals surface area contributed by atoms with Crippen molar-refractivity contribution in [2.75, 3.05) is 6.54 Å². The van der Waals surface area contributed by atoms with E-state index in [2.05, 4.69) is 27.3 Å². The number of hydrogen-bond donors (Lipinski definition) is 2. The zero-order valence-electron chi connectivity index (χ0n) is 11.9. The van der Waals surface area contributed by atoms with Crippen LogP contribution >= 0.6 is 15.9 Å². The predicted molar refractivity (Wildman–Crippen MR) is 83.1 cm³/mol.